The Morgan fingerprint density at radius 1 is 1.10 bits per heavy atom. The molecule has 1 unspecified atom stereocenters. The van der Waals surface area contributed by atoms with E-state index in [-0.39, 0.29) is 6.10 Å². The molecule has 164 valence electrons. The second-order valence-corrected chi connectivity index (χ2v) is 7.55. The maximum Gasteiger partial charge on any atom is 0.152 e. The molecule has 0 bridgehead atoms. The van der Waals surface area contributed by atoms with Crippen LogP contribution in [0.5, 0.6) is 5.75 Å². The van der Waals surface area contributed by atoms with Gasteiger partial charge in [-0.05, 0) is 38.8 Å². The predicted octanol–water partition coefficient (Wildman–Crippen LogP) is 4.70. The van der Waals surface area contributed by atoms with E-state index in [9.17, 15) is 0 Å². The van der Waals surface area contributed by atoms with Crippen molar-refractivity contribution in [1.82, 2.24) is 14.5 Å². The van der Waals surface area contributed by atoms with Gasteiger partial charge in [-0.25, -0.2) is 9.97 Å². The van der Waals surface area contributed by atoms with Crippen LogP contribution in [0.1, 0.15) is 52.8 Å². The van der Waals surface area contributed by atoms with Crippen molar-refractivity contribution in [2.24, 2.45) is 0 Å². The average Bonchev–Trinajstić information content (AvgIpc) is 3.10. The Hall–Kier alpha value is -2.38. The van der Waals surface area contributed by atoms with Crippen LogP contribution in [-0.2, 0) is 22.6 Å². The normalized spacial score (nSPS) is 12.7. The van der Waals surface area contributed by atoms with Crippen molar-refractivity contribution in [3.8, 4) is 5.75 Å². The molecule has 2 N–H and O–H groups in total. The quantitative estimate of drug-likeness (QED) is 0.433. The second kappa shape index (κ2) is 10.6. The number of unbranched alkanes of at least 4 members (excludes halogenated alkanes) is 1. The van der Waals surface area contributed by atoms with E-state index >= 15 is 0 Å². The summed E-state index contributed by atoms with van der Waals surface area (Å²) >= 11 is 0. The van der Waals surface area contributed by atoms with Gasteiger partial charge < -0.3 is 24.5 Å². The summed E-state index contributed by atoms with van der Waals surface area (Å²) < 4.78 is 19.5. The van der Waals surface area contributed by atoms with Gasteiger partial charge in [0.05, 0.1) is 17.6 Å². The number of rotatable bonds is 12. The summed E-state index contributed by atoms with van der Waals surface area (Å²) in [5, 5.41) is 1.02. The molecule has 30 heavy (non-hydrogen) atoms. The molecular formula is C23H34N4O3. The smallest absolute Gasteiger partial charge is 0.152 e. The fourth-order valence-electron chi connectivity index (χ4n) is 3.53. The number of nitrogens with two attached hydrogens (primary N) is 1. The summed E-state index contributed by atoms with van der Waals surface area (Å²) in [5.74, 6) is 2.08. The number of fused-ring (bicyclic) bond motifs is 3. The van der Waals surface area contributed by atoms with Crippen LogP contribution in [0.15, 0.2) is 18.2 Å². The lowest BCUT2D eigenvalue weighted by Crippen LogP contribution is -2.19. The maximum atomic E-state index is 6.31. The van der Waals surface area contributed by atoms with E-state index in [1.165, 1.54) is 0 Å². The maximum absolute atomic E-state index is 6.31. The lowest BCUT2D eigenvalue weighted by molar-refractivity contribution is 0.0590. The van der Waals surface area contributed by atoms with E-state index in [1.807, 2.05) is 32.0 Å². The molecule has 3 rings (SSSR count). The Kier molecular flexibility index (Phi) is 7.87. The van der Waals surface area contributed by atoms with Crippen molar-refractivity contribution in [3.63, 3.8) is 0 Å². The number of benzene rings is 1. The molecule has 3 aromatic rings. The monoisotopic (exact) mass is 414 g/mol. The molecule has 0 saturated carbocycles. The van der Waals surface area contributed by atoms with E-state index in [0.29, 0.717) is 25.6 Å². The highest BCUT2D eigenvalue weighted by atomic mass is 16.5. The Morgan fingerprint density at radius 3 is 2.67 bits per heavy atom. The minimum Gasteiger partial charge on any atom is -0.488 e. The van der Waals surface area contributed by atoms with E-state index in [1.54, 1.807) is 0 Å². The molecule has 0 fully saturated rings. The third kappa shape index (κ3) is 5.02. The van der Waals surface area contributed by atoms with Gasteiger partial charge >= 0.3 is 0 Å². The lowest BCUT2D eigenvalue weighted by atomic mass is 10.1. The van der Waals surface area contributed by atoms with Crippen molar-refractivity contribution in [3.05, 3.63) is 24.0 Å². The summed E-state index contributed by atoms with van der Waals surface area (Å²) in [4.78, 5) is 9.38. The van der Waals surface area contributed by atoms with E-state index < -0.39 is 0 Å². The summed E-state index contributed by atoms with van der Waals surface area (Å²) in [6.45, 7) is 11.6. The fourth-order valence-corrected chi connectivity index (χ4v) is 3.53. The third-order valence-electron chi connectivity index (χ3n) is 4.96. The SMILES string of the molecule is CCCCn1c(COCC)nc2c(N)nc3cc(OC(C)COCCC)ccc3c21. The minimum absolute atomic E-state index is 0.0389. The molecule has 2 aromatic heterocycles. The lowest BCUT2D eigenvalue weighted by Gasteiger charge is -2.15. The van der Waals surface area contributed by atoms with Crippen LogP contribution in [0.3, 0.4) is 0 Å². The number of aryl methyl sites for hydroxylation is 1. The number of nitrogen functional groups attached to an aromatic ring is 1. The van der Waals surface area contributed by atoms with Crippen LogP contribution in [0.4, 0.5) is 5.82 Å². The van der Waals surface area contributed by atoms with Crippen molar-refractivity contribution < 1.29 is 14.2 Å². The third-order valence-corrected chi connectivity index (χ3v) is 4.96. The van der Waals surface area contributed by atoms with Gasteiger partial charge in [-0.1, -0.05) is 20.3 Å². The first-order valence-electron chi connectivity index (χ1n) is 11.0. The number of aromatic nitrogens is 3. The molecule has 0 aliphatic heterocycles. The van der Waals surface area contributed by atoms with Gasteiger partial charge in [0.1, 0.15) is 29.8 Å². The Morgan fingerprint density at radius 2 is 1.93 bits per heavy atom. The van der Waals surface area contributed by atoms with Crippen LogP contribution in [0, 0.1) is 0 Å². The summed E-state index contributed by atoms with van der Waals surface area (Å²) in [5.41, 5.74) is 8.87. The summed E-state index contributed by atoms with van der Waals surface area (Å²) in [6.07, 6.45) is 3.12. The molecule has 0 amide bonds. The number of imidazole rings is 1. The molecule has 1 atom stereocenters. The highest BCUT2D eigenvalue weighted by Gasteiger charge is 2.18. The molecular weight excluding hydrogens is 380 g/mol. The molecule has 0 saturated heterocycles. The van der Waals surface area contributed by atoms with Gasteiger partial charge in [-0.2, -0.15) is 0 Å². The van der Waals surface area contributed by atoms with Crippen molar-refractivity contribution in [1.29, 1.82) is 0 Å². The summed E-state index contributed by atoms with van der Waals surface area (Å²) in [7, 11) is 0. The number of ether oxygens (including phenoxy) is 3. The zero-order valence-electron chi connectivity index (χ0n) is 18.6. The molecule has 0 spiro atoms. The van der Waals surface area contributed by atoms with Crippen molar-refractivity contribution in [2.75, 3.05) is 25.6 Å². The van der Waals surface area contributed by atoms with Crippen molar-refractivity contribution in [2.45, 2.75) is 66.2 Å². The highest BCUT2D eigenvalue weighted by molar-refractivity contribution is 6.06. The Labute approximate surface area is 178 Å². The van der Waals surface area contributed by atoms with E-state index in [2.05, 4.69) is 23.4 Å². The zero-order valence-corrected chi connectivity index (χ0v) is 18.6. The van der Waals surface area contributed by atoms with Gasteiger partial charge in [0.15, 0.2) is 5.82 Å². The molecule has 2 heterocycles. The number of pyridine rings is 1. The van der Waals surface area contributed by atoms with Gasteiger partial charge in [0.25, 0.3) is 0 Å². The molecule has 0 aliphatic carbocycles. The summed E-state index contributed by atoms with van der Waals surface area (Å²) in [6, 6.07) is 5.98. The number of hydrogen-bond acceptors (Lipinski definition) is 6. The predicted molar refractivity (Wildman–Crippen MR) is 121 cm³/mol. The van der Waals surface area contributed by atoms with Crippen LogP contribution in [0.2, 0.25) is 0 Å². The first-order valence-corrected chi connectivity index (χ1v) is 11.0. The Balaban J connectivity index is 1.99. The van der Waals surface area contributed by atoms with Crippen LogP contribution >= 0.6 is 0 Å². The Bertz CT molecular complexity index is 970. The second-order valence-electron chi connectivity index (χ2n) is 7.55. The van der Waals surface area contributed by atoms with E-state index in [0.717, 1.165) is 65.9 Å². The first kappa shape index (κ1) is 22.3. The van der Waals surface area contributed by atoms with E-state index in [4.69, 9.17) is 24.9 Å². The van der Waals surface area contributed by atoms with Gasteiger partial charge in [-0.15, -0.1) is 0 Å². The molecule has 7 heteroatoms. The number of nitrogens with zero attached hydrogens (tertiary/aromatic N) is 3. The van der Waals surface area contributed by atoms with Gasteiger partial charge in [0.2, 0.25) is 0 Å². The standard InChI is InChI=1S/C23H34N4O3/c1-5-8-11-27-20(15-28-7-3)26-21-22(27)18-10-9-17(13-19(18)25-23(21)24)30-16(4)14-29-12-6-2/h9-10,13,16H,5-8,11-12,14-15H2,1-4H3,(H2,24,25). The van der Waals surface area contributed by atoms with Crippen molar-refractivity contribution >= 4 is 27.8 Å². The minimum atomic E-state index is -0.0389. The zero-order chi connectivity index (χ0) is 21.5. The number of hydrogen-bond donors (Lipinski definition) is 1. The van der Waals surface area contributed by atoms with Crippen LogP contribution < -0.4 is 10.5 Å². The van der Waals surface area contributed by atoms with Crippen LogP contribution in [-0.4, -0.2) is 40.5 Å². The topological polar surface area (TPSA) is 84.4 Å². The fraction of sp³-hybridized carbons (Fsp3) is 0.565. The molecule has 7 nitrogen and oxygen atoms in total. The molecule has 0 radical (unpaired) electrons. The molecule has 1 aromatic carbocycles. The molecule has 0 aliphatic rings. The number of anilines is 1. The highest BCUT2D eigenvalue weighted by Crippen LogP contribution is 2.31. The van der Waals surface area contributed by atoms with Gasteiger partial charge in [0, 0.05) is 31.2 Å². The largest absolute Gasteiger partial charge is 0.488 e. The van der Waals surface area contributed by atoms with Crippen LogP contribution in [0.25, 0.3) is 21.9 Å². The average molecular weight is 415 g/mol. The van der Waals surface area contributed by atoms with Gasteiger partial charge in [-0.3, -0.25) is 0 Å². The first-order chi connectivity index (χ1) is 14.6.